The highest BCUT2D eigenvalue weighted by Crippen LogP contribution is 2.12. The molecule has 1 aromatic carbocycles. The van der Waals surface area contributed by atoms with Gasteiger partial charge in [0.1, 0.15) is 16.1 Å². The van der Waals surface area contributed by atoms with E-state index in [-0.39, 0.29) is 4.47 Å². The molecule has 0 N–H and O–H groups in total. The van der Waals surface area contributed by atoms with Crippen LogP contribution in [0, 0.1) is 18.6 Å². The van der Waals surface area contributed by atoms with Crippen molar-refractivity contribution in [1.82, 2.24) is 9.55 Å². The highest BCUT2D eigenvalue weighted by Gasteiger charge is 2.15. The number of halogens is 3. The maximum Gasteiger partial charge on any atom is 0.268 e. The van der Waals surface area contributed by atoms with E-state index < -0.39 is 35.1 Å². The Morgan fingerprint density at radius 3 is 2.80 bits per heavy atom. The van der Waals surface area contributed by atoms with Gasteiger partial charge in [-0.05, 0) is 41.1 Å². The minimum absolute atomic E-state index is 0.229. The Hall–Kier alpha value is -1.89. The number of carbonyl (C=O) groups excluding carboxylic acids is 1. The number of Topliss-reactive ketones (excluding diaryl/α,β-unsaturated/α-hetero) is 1. The molecular weight excluding hydrogens is 334 g/mol. The third-order valence-corrected chi connectivity index (χ3v) is 3.61. The average molecular weight is 343 g/mol. The van der Waals surface area contributed by atoms with E-state index in [1.165, 1.54) is 6.33 Å². The minimum Gasteiger partial charge on any atom is -0.292 e. The molecule has 0 bridgehead atoms. The third-order valence-electron chi connectivity index (χ3n) is 2.70. The van der Waals surface area contributed by atoms with Crippen molar-refractivity contribution in [2.45, 2.75) is 13.5 Å². The lowest BCUT2D eigenvalue weighted by Gasteiger charge is -2.07. The lowest BCUT2D eigenvalue weighted by atomic mass is 10.1. The standard InChI is InChI=1S/C13H9BrF2N2O2/c1-7-12(14)13(20)18(6-17-7)5-11(19)9-4-8(15)2-3-10(9)16/h2-4,6H,5H2,1H3. The number of carbonyl (C=O) groups is 1. The van der Waals surface area contributed by atoms with Crippen molar-refractivity contribution in [3.63, 3.8) is 0 Å². The summed E-state index contributed by atoms with van der Waals surface area (Å²) in [6.45, 7) is 1.22. The van der Waals surface area contributed by atoms with Crippen molar-refractivity contribution in [3.8, 4) is 0 Å². The highest BCUT2D eigenvalue weighted by atomic mass is 79.9. The minimum atomic E-state index is -0.830. The number of hydrogen-bond acceptors (Lipinski definition) is 3. The quantitative estimate of drug-likeness (QED) is 0.805. The molecule has 1 aromatic heterocycles. The SMILES string of the molecule is Cc1ncn(CC(=O)c2cc(F)ccc2F)c(=O)c1Br. The first kappa shape index (κ1) is 14.5. The number of nitrogens with zero attached hydrogens (tertiary/aromatic N) is 2. The zero-order valence-electron chi connectivity index (χ0n) is 10.4. The molecular formula is C13H9BrF2N2O2. The van der Waals surface area contributed by atoms with E-state index in [2.05, 4.69) is 20.9 Å². The summed E-state index contributed by atoms with van der Waals surface area (Å²) >= 11 is 3.06. The Balaban J connectivity index is 2.35. The number of aryl methyl sites for hydroxylation is 1. The van der Waals surface area contributed by atoms with Crippen LogP contribution in [0.1, 0.15) is 16.1 Å². The van der Waals surface area contributed by atoms with Crippen molar-refractivity contribution in [2.24, 2.45) is 0 Å². The van der Waals surface area contributed by atoms with Crippen LogP contribution in [-0.2, 0) is 6.54 Å². The van der Waals surface area contributed by atoms with Gasteiger partial charge in [0.2, 0.25) is 0 Å². The molecule has 0 unspecified atom stereocenters. The van der Waals surface area contributed by atoms with Gasteiger partial charge < -0.3 is 0 Å². The molecule has 0 aliphatic rings. The predicted octanol–water partition coefficient (Wildman–Crippen LogP) is 2.48. The Bertz CT molecular complexity index is 744. The predicted molar refractivity (Wildman–Crippen MR) is 71.6 cm³/mol. The summed E-state index contributed by atoms with van der Waals surface area (Å²) in [4.78, 5) is 27.7. The van der Waals surface area contributed by atoms with Crippen LogP contribution in [0.15, 0.2) is 33.8 Å². The fraction of sp³-hybridized carbons (Fsp3) is 0.154. The highest BCUT2D eigenvalue weighted by molar-refractivity contribution is 9.10. The van der Waals surface area contributed by atoms with Crippen LogP contribution in [-0.4, -0.2) is 15.3 Å². The normalized spacial score (nSPS) is 10.6. The number of ketones is 1. The van der Waals surface area contributed by atoms with Crippen molar-refractivity contribution in [3.05, 3.63) is 62.2 Å². The molecule has 1 heterocycles. The van der Waals surface area contributed by atoms with Gasteiger partial charge in [0.05, 0.1) is 24.1 Å². The molecule has 7 heteroatoms. The van der Waals surface area contributed by atoms with Gasteiger partial charge in [0.25, 0.3) is 5.56 Å². The fourth-order valence-corrected chi connectivity index (χ4v) is 1.94. The first-order valence-corrected chi connectivity index (χ1v) is 6.39. The molecule has 0 spiro atoms. The lowest BCUT2D eigenvalue weighted by molar-refractivity contribution is 0.0966. The van der Waals surface area contributed by atoms with E-state index in [1.807, 2.05) is 0 Å². The molecule has 20 heavy (non-hydrogen) atoms. The van der Waals surface area contributed by atoms with Crippen molar-refractivity contribution in [2.75, 3.05) is 0 Å². The first-order valence-electron chi connectivity index (χ1n) is 5.60. The van der Waals surface area contributed by atoms with Crippen LogP contribution in [0.4, 0.5) is 8.78 Å². The fourth-order valence-electron chi connectivity index (χ4n) is 1.61. The average Bonchev–Trinajstić information content (AvgIpc) is 2.42. The van der Waals surface area contributed by atoms with Crippen LogP contribution in [0.2, 0.25) is 0 Å². The Morgan fingerprint density at radius 1 is 1.40 bits per heavy atom. The van der Waals surface area contributed by atoms with Crippen molar-refractivity contribution < 1.29 is 13.6 Å². The molecule has 0 amide bonds. The van der Waals surface area contributed by atoms with Crippen molar-refractivity contribution in [1.29, 1.82) is 0 Å². The number of hydrogen-bond donors (Lipinski definition) is 0. The Kier molecular flexibility index (Phi) is 4.08. The van der Waals surface area contributed by atoms with Gasteiger partial charge in [-0.25, -0.2) is 13.8 Å². The van der Waals surface area contributed by atoms with Gasteiger partial charge in [-0.3, -0.25) is 14.2 Å². The maximum atomic E-state index is 13.5. The third kappa shape index (κ3) is 2.82. The van der Waals surface area contributed by atoms with Gasteiger partial charge in [-0.1, -0.05) is 0 Å². The van der Waals surface area contributed by atoms with Crippen LogP contribution in [0.25, 0.3) is 0 Å². The summed E-state index contributed by atoms with van der Waals surface area (Å²) in [5, 5.41) is 0. The van der Waals surface area contributed by atoms with E-state index in [1.54, 1.807) is 6.92 Å². The van der Waals surface area contributed by atoms with Gasteiger partial charge in [-0.15, -0.1) is 0 Å². The zero-order chi connectivity index (χ0) is 14.9. The molecule has 0 aliphatic carbocycles. The van der Waals surface area contributed by atoms with E-state index in [4.69, 9.17) is 0 Å². The molecule has 0 radical (unpaired) electrons. The molecule has 104 valence electrons. The van der Waals surface area contributed by atoms with Gasteiger partial charge >= 0.3 is 0 Å². The molecule has 0 saturated carbocycles. The summed E-state index contributed by atoms with van der Waals surface area (Å²) in [6.07, 6.45) is 1.19. The molecule has 0 fully saturated rings. The number of aromatic nitrogens is 2. The first-order chi connectivity index (χ1) is 9.40. The molecule has 4 nitrogen and oxygen atoms in total. The summed E-state index contributed by atoms with van der Waals surface area (Å²) in [7, 11) is 0. The molecule has 2 aromatic rings. The maximum absolute atomic E-state index is 13.5. The summed E-state index contributed by atoms with van der Waals surface area (Å²) in [6, 6.07) is 2.59. The lowest BCUT2D eigenvalue weighted by Crippen LogP contribution is -2.26. The Morgan fingerprint density at radius 2 is 2.10 bits per heavy atom. The smallest absolute Gasteiger partial charge is 0.268 e. The monoisotopic (exact) mass is 342 g/mol. The van der Waals surface area contributed by atoms with Crippen LogP contribution in [0.3, 0.4) is 0 Å². The van der Waals surface area contributed by atoms with E-state index in [9.17, 15) is 18.4 Å². The second-order valence-corrected chi connectivity index (χ2v) is 4.92. The molecule has 2 rings (SSSR count). The van der Waals surface area contributed by atoms with Crippen molar-refractivity contribution >= 4 is 21.7 Å². The van der Waals surface area contributed by atoms with Gasteiger partial charge in [0.15, 0.2) is 5.78 Å². The van der Waals surface area contributed by atoms with Crippen LogP contribution >= 0.6 is 15.9 Å². The zero-order valence-corrected chi connectivity index (χ0v) is 11.9. The molecule has 0 atom stereocenters. The van der Waals surface area contributed by atoms with E-state index in [0.717, 1.165) is 22.8 Å². The van der Waals surface area contributed by atoms with E-state index >= 15 is 0 Å². The van der Waals surface area contributed by atoms with E-state index in [0.29, 0.717) is 5.69 Å². The number of rotatable bonds is 3. The summed E-state index contributed by atoms with van der Waals surface area (Å²) in [5.74, 6) is -2.25. The molecule has 0 saturated heterocycles. The topological polar surface area (TPSA) is 52.0 Å². The summed E-state index contributed by atoms with van der Waals surface area (Å²) in [5.41, 5.74) is -0.369. The summed E-state index contributed by atoms with van der Waals surface area (Å²) < 4.78 is 27.8. The number of benzene rings is 1. The van der Waals surface area contributed by atoms with Crippen LogP contribution < -0.4 is 5.56 Å². The second-order valence-electron chi connectivity index (χ2n) is 4.12. The Labute approximate surface area is 121 Å². The van der Waals surface area contributed by atoms with Gasteiger partial charge in [-0.2, -0.15) is 0 Å². The van der Waals surface area contributed by atoms with Crippen LogP contribution in [0.5, 0.6) is 0 Å². The second kappa shape index (κ2) is 5.62. The largest absolute Gasteiger partial charge is 0.292 e. The van der Waals surface area contributed by atoms with Gasteiger partial charge in [0, 0.05) is 0 Å². The molecule has 0 aliphatic heterocycles.